The van der Waals surface area contributed by atoms with E-state index in [1.165, 1.54) is 9.80 Å². The van der Waals surface area contributed by atoms with Crippen LogP contribution in [0.1, 0.15) is 26.7 Å². The Balaban J connectivity index is 4.64. The molecule has 0 heterocycles. The predicted octanol–water partition coefficient (Wildman–Crippen LogP) is 1.25. The van der Waals surface area contributed by atoms with Gasteiger partial charge in [0.05, 0.1) is 6.54 Å². The maximum atomic E-state index is 12.0. The predicted molar refractivity (Wildman–Crippen MR) is 65.6 cm³/mol. The summed E-state index contributed by atoms with van der Waals surface area (Å²) in [5.74, 6) is 1.40. The van der Waals surface area contributed by atoms with Crippen LogP contribution in [0.3, 0.4) is 0 Å². The molecule has 0 rings (SSSR count). The maximum Gasteiger partial charge on any atom is 0.323 e. The molecule has 0 atom stereocenters. The zero-order valence-electron chi connectivity index (χ0n) is 10.5. The molecule has 0 radical (unpaired) electrons. The highest BCUT2D eigenvalue weighted by Gasteiger charge is 2.20. The van der Waals surface area contributed by atoms with Gasteiger partial charge >= 0.3 is 12.0 Å². The minimum atomic E-state index is -1.01. The van der Waals surface area contributed by atoms with Crippen LogP contribution >= 0.6 is 0 Å². The summed E-state index contributed by atoms with van der Waals surface area (Å²) in [5.41, 5.74) is 0. The van der Waals surface area contributed by atoms with E-state index in [9.17, 15) is 9.59 Å². The van der Waals surface area contributed by atoms with E-state index in [1.54, 1.807) is 0 Å². The first-order valence-corrected chi connectivity index (χ1v) is 5.75. The molecule has 0 fully saturated rings. The third kappa shape index (κ3) is 5.81. The summed E-state index contributed by atoms with van der Waals surface area (Å²) in [5, 5.41) is 8.75. The number of carbonyl (C=O) groups is 2. The largest absolute Gasteiger partial charge is 0.480 e. The van der Waals surface area contributed by atoms with Gasteiger partial charge in [-0.15, -0.1) is 6.42 Å². The number of carboxylic acid groups (broad SMARTS) is 1. The van der Waals surface area contributed by atoms with Crippen molar-refractivity contribution in [2.75, 3.05) is 26.2 Å². The van der Waals surface area contributed by atoms with Gasteiger partial charge in [-0.2, -0.15) is 0 Å². The molecule has 0 bridgehead atoms. The molecule has 0 spiro atoms. The van der Waals surface area contributed by atoms with Crippen molar-refractivity contribution in [1.82, 2.24) is 9.80 Å². The number of nitrogens with zero attached hydrogens (tertiary/aromatic N) is 2. The molecular formula is C12H20N2O3. The SMILES string of the molecule is C#CCN(CCC)C(=O)N(CCC)CC(=O)O. The van der Waals surface area contributed by atoms with E-state index >= 15 is 0 Å². The van der Waals surface area contributed by atoms with Crippen LogP contribution in [0.4, 0.5) is 4.79 Å². The van der Waals surface area contributed by atoms with Gasteiger partial charge in [0.25, 0.3) is 0 Å². The highest BCUT2D eigenvalue weighted by molar-refractivity contribution is 5.80. The summed E-state index contributed by atoms with van der Waals surface area (Å²) in [6, 6.07) is -0.297. The highest BCUT2D eigenvalue weighted by atomic mass is 16.4. The molecular weight excluding hydrogens is 220 g/mol. The molecule has 0 aliphatic heterocycles. The number of amides is 2. The van der Waals surface area contributed by atoms with Crippen LogP contribution in [0.15, 0.2) is 0 Å². The molecule has 0 aromatic carbocycles. The van der Waals surface area contributed by atoms with Crippen LogP contribution in [-0.2, 0) is 4.79 Å². The van der Waals surface area contributed by atoms with Gasteiger partial charge in [-0.25, -0.2) is 4.79 Å². The average molecular weight is 240 g/mol. The van der Waals surface area contributed by atoms with Crippen molar-refractivity contribution in [1.29, 1.82) is 0 Å². The second kappa shape index (κ2) is 8.45. The van der Waals surface area contributed by atoms with Gasteiger partial charge in [0.1, 0.15) is 6.54 Å². The molecule has 0 aliphatic rings. The summed E-state index contributed by atoms with van der Waals surface area (Å²) in [4.78, 5) is 25.5. The lowest BCUT2D eigenvalue weighted by molar-refractivity contribution is -0.137. The van der Waals surface area contributed by atoms with Gasteiger partial charge in [-0.1, -0.05) is 19.8 Å². The van der Waals surface area contributed by atoms with Crippen molar-refractivity contribution >= 4 is 12.0 Å². The summed E-state index contributed by atoms with van der Waals surface area (Å²) in [6.07, 6.45) is 6.70. The number of hydrogen-bond donors (Lipinski definition) is 1. The Morgan fingerprint density at radius 1 is 1.18 bits per heavy atom. The summed E-state index contributed by atoms with van der Waals surface area (Å²) < 4.78 is 0. The first-order valence-electron chi connectivity index (χ1n) is 5.75. The summed E-state index contributed by atoms with van der Waals surface area (Å²) in [7, 11) is 0. The molecule has 0 aliphatic carbocycles. The van der Waals surface area contributed by atoms with Gasteiger partial charge in [0, 0.05) is 13.1 Å². The lowest BCUT2D eigenvalue weighted by Gasteiger charge is -2.28. The lowest BCUT2D eigenvalue weighted by Crippen LogP contribution is -2.46. The molecule has 0 aromatic heterocycles. The number of carboxylic acids is 1. The van der Waals surface area contributed by atoms with Crippen LogP contribution in [0.5, 0.6) is 0 Å². The van der Waals surface area contributed by atoms with E-state index in [2.05, 4.69) is 5.92 Å². The average Bonchev–Trinajstić information content (AvgIpc) is 2.27. The van der Waals surface area contributed by atoms with Gasteiger partial charge in [0.2, 0.25) is 0 Å². The first-order chi connectivity index (χ1) is 8.06. The van der Waals surface area contributed by atoms with Crippen LogP contribution < -0.4 is 0 Å². The van der Waals surface area contributed by atoms with E-state index in [1.807, 2.05) is 13.8 Å². The zero-order valence-corrected chi connectivity index (χ0v) is 10.5. The van der Waals surface area contributed by atoms with Gasteiger partial charge in [-0.05, 0) is 12.8 Å². The first kappa shape index (κ1) is 15.3. The second-order valence-electron chi connectivity index (χ2n) is 3.72. The van der Waals surface area contributed by atoms with Crippen molar-refractivity contribution in [2.24, 2.45) is 0 Å². The van der Waals surface area contributed by atoms with E-state index in [4.69, 9.17) is 11.5 Å². The molecule has 0 saturated heterocycles. The molecule has 0 saturated carbocycles. The number of carbonyl (C=O) groups excluding carboxylic acids is 1. The van der Waals surface area contributed by atoms with Gasteiger partial charge in [-0.3, -0.25) is 4.79 Å². The fraction of sp³-hybridized carbons (Fsp3) is 0.667. The third-order valence-corrected chi connectivity index (χ3v) is 2.14. The van der Waals surface area contributed by atoms with E-state index in [-0.39, 0.29) is 19.1 Å². The molecule has 17 heavy (non-hydrogen) atoms. The van der Waals surface area contributed by atoms with Crippen LogP contribution in [-0.4, -0.2) is 53.1 Å². The molecule has 5 heteroatoms. The van der Waals surface area contributed by atoms with Gasteiger partial charge in [0.15, 0.2) is 0 Å². The topological polar surface area (TPSA) is 60.9 Å². The Hall–Kier alpha value is -1.70. The minimum absolute atomic E-state index is 0.215. The Kier molecular flexibility index (Phi) is 7.61. The fourth-order valence-electron chi connectivity index (χ4n) is 1.50. The molecule has 5 nitrogen and oxygen atoms in total. The third-order valence-electron chi connectivity index (χ3n) is 2.14. The summed E-state index contributed by atoms with van der Waals surface area (Å²) >= 11 is 0. The van der Waals surface area contributed by atoms with Crippen molar-refractivity contribution in [3.8, 4) is 12.3 Å². The standard InChI is InChI=1S/C12H20N2O3/c1-4-7-13(8-5-2)12(17)14(9-6-3)10-11(15)16/h1H,5-10H2,2-3H3,(H,15,16). The van der Waals surface area contributed by atoms with Crippen molar-refractivity contribution < 1.29 is 14.7 Å². The fourth-order valence-corrected chi connectivity index (χ4v) is 1.50. The maximum absolute atomic E-state index is 12.0. The normalized spacial score (nSPS) is 9.47. The molecule has 1 N–H and O–H groups in total. The number of urea groups is 1. The van der Waals surface area contributed by atoms with E-state index in [0.717, 1.165) is 12.8 Å². The van der Waals surface area contributed by atoms with Crippen LogP contribution in [0, 0.1) is 12.3 Å². The zero-order chi connectivity index (χ0) is 13.3. The number of terminal acetylenes is 1. The summed E-state index contributed by atoms with van der Waals surface area (Å²) in [6.45, 7) is 4.74. The number of rotatable bonds is 7. The van der Waals surface area contributed by atoms with E-state index in [0.29, 0.717) is 13.1 Å². The van der Waals surface area contributed by atoms with Gasteiger partial charge < -0.3 is 14.9 Å². The number of hydrogen-bond acceptors (Lipinski definition) is 2. The van der Waals surface area contributed by atoms with Crippen LogP contribution in [0.25, 0.3) is 0 Å². The Labute approximate surface area is 102 Å². The molecule has 0 aromatic rings. The van der Waals surface area contributed by atoms with Crippen molar-refractivity contribution in [3.05, 3.63) is 0 Å². The lowest BCUT2D eigenvalue weighted by atomic mass is 10.3. The monoisotopic (exact) mass is 240 g/mol. The minimum Gasteiger partial charge on any atom is -0.480 e. The van der Waals surface area contributed by atoms with E-state index < -0.39 is 5.97 Å². The van der Waals surface area contributed by atoms with Crippen molar-refractivity contribution in [2.45, 2.75) is 26.7 Å². The highest BCUT2D eigenvalue weighted by Crippen LogP contribution is 2.02. The molecule has 0 unspecified atom stereocenters. The van der Waals surface area contributed by atoms with Crippen molar-refractivity contribution in [3.63, 3.8) is 0 Å². The Morgan fingerprint density at radius 2 is 1.71 bits per heavy atom. The second-order valence-corrected chi connectivity index (χ2v) is 3.72. The molecule has 96 valence electrons. The molecule has 2 amide bonds. The Bertz CT molecular complexity index is 297. The number of aliphatic carboxylic acids is 1. The Morgan fingerprint density at radius 3 is 2.12 bits per heavy atom. The van der Waals surface area contributed by atoms with Crippen LogP contribution in [0.2, 0.25) is 0 Å². The quantitative estimate of drug-likeness (QED) is 0.681. The smallest absolute Gasteiger partial charge is 0.323 e.